The molecule has 0 amide bonds. The molecule has 0 aromatic carbocycles. The first-order chi connectivity index (χ1) is 10.2. The molecule has 0 radical (unpaired) electrons. The highest BCUT2D eigenvalue weighted by Gasteiger charge is 2.43. The zero-order valence-corrected chi connectivity index (χ0v) is 13.4. The lowest BCUT2D eigenvalue weighted by atomic mass is 10.1. The Morgan fingerprint density at radius 3 is 2.36 bits per heavy atom. The lowest BCUT2D eigenvalue weighted by Gasteiger charge is -2.17. The molecule has 13 heteroatoms. The normalized spacial score (nSPS) is 27.6. The molecular weight excluding hydrogens is 389 g/mol. The second kappa shape index (κ2) is 8.24. The minimum Gasteiger partial charge on any atom is -0.394 e. The summed E-state index contributed by atoms with van der Waals surface area (Å²) in [5.74, 6) is 0. The van der Waals surface area contributed by atoms with Crippen LogP contribution in [0.15, 0.2) is 20.3 Å². The number of aromatic nitrogens is 2. The molecule has 1 aromatic rings. The SMILES string of the molecule is NP(O)O.O=c1[nH]c(=O)n([C@@H]2O[C@H](CO)[C@@H](O)[C@H]2O)cc1Br. The zero-order valence-electron chi connectivity index (χ0n) is 10.9. The highest BCUT2D eigenvalue weighted by Crippen LogP contribution is 2.28. The second-order valence-corrected chi connectivity index (χ2v) is 5.69. The van der Waals surface area contributed by atoms with Gasteiger partial charge in [-0.2, -0.15) is 0 Å². The molecule has 126 valence electrons. The summed E-state index contributed by atoms with van der Waals surface area (Å²) in [6, 6.07) is 0. The molecule has 11 nitrogen and oxygen atoms in total. The van der Waals surface area contributed by atoms with Gasteiger partial charge in [-0.3, -0.25) is 19.8 Å². The lowest BCUT2D eigenvalue weighted by molar-refractivity contribution is -0.0551. The van der Waals surface area contributed by atoms with E-state index >= 15 is 0 Å². The predicted molar refractivity (Wildman–Crippen MR) is 77.6 cm³/mol. The minimum atomic E-state index is -2.12. The van der Waals surface area contributed by atoms with Gasteiger partial charge in [0.1, 0.15) is 18.3 Å². The lowest BCUT2D eigenvalue weighted by Crippen LogP contribution is -2.38. The van der Waals surface area contributed by atoms with Crippen LogP contribution in [-0.4, -0.2) is 59.6 Å². The number of rotatable bonds is 2. The molecule has 0 spiro atoms. The Balaban J connectivity index is 0.000000541. The van der Waals surface area contributed by atoms with Crippen LogP contribution in [-0.2, 0) is 4.74 Å². The van der Waals surface area contributed by atoms with Crippen LogP contribution in [0.25, 0.3) is 0 Å². The number of hydrogen-bond donors (Lipinski definition) is 7. The number of hydrogen-bond acceptors (Lipinski definition) is 9. The molecular formula is C9H15BrN3O8P. The summed E-state index contributed by atoms with van der Waals surface area (Å²) in [7, 11) is -2.12. The molecule has 1 aliphatic heterocycles. The molecule has 2 heterocycles. The Labute approximate surface area is 132 Å². The fraction of sp³-hybridized carbons (Fsp3) is 0.556. The molecule has 0 bridgehead atoms. The number of halogens is 1. The van der Waals surface area contributed by atoms with E-state index in [-0.39, 0.29) is 4.47 Å². The fourth-order valence-corrected chi connectivity index (χ4v) is 2.08. The molecule has 2 rings (SSSR count). The Hall–Kier alpha value is -0.690. The van der Waals surface area contributed by atoms with Gasteiger partial charge in [0, 0.05) is 6.20 Å². The third-order valence-electron chi connectivity index (χ3n) is 2.72. The van der Waals surface area contributed by atoms with E-state index in [0.29, 0.717) is 0 Å². The van der Waals surface area contributed by atoms with Gasteiger partial charge in [0.05, 0.1) is 11.1 Å². The van der Waals surface area contributed by atoms with Crippen molar-refractivity contribution >= 4 is 24.5 Å². The van der Waals surface area contributed by atoms with Gasteiger partial charge in [0.25, 0.3) is 5.56 Å². The van der Waals surface area contributed by atoms with Gasteiger partial charge in [0.2, 0.25) is 8.53 Å². The summed E-state index contributed by atoms with van der Waals surface area (Å²) in [6.07, 6.45) is -3.68. The summed E-state index contributed by atoms with van der Waals surface area (Å²) in [4.78, 5) is 39.7. The molecule has 22 heavy (non-hydrogen) atoms. The third kappa shape index (κ3) is 4.65. The molecule has 0 unspecified atom stereocenters. The Morgan fingerprint density at radius 2 is 1.91 bits per heavy atom. The highest BCUT2D eigenvalue weighted by atomic mass is 79.9. The molecule has 1 aromatic heterocycles. The smallest absolute Gasteiger partial charge is 0.330 e. The van der Waals surface area contributed by atoms with Crippen molar-refractivity contribution in [3.8, 4) is 0 Å². The summed E-state index contributed by atoms with van der Waals surface area (Å²) < 4.78 is 6.19. The topological polar surface area (TPSA) is 191 Å². The van der Waals surface area contributed by atoms with Crippen LogP contribution < -0.4 is 16.8 Å². The number of aliphatic hydroxyl groups excluding tert-OH is 3. The molecule has 1 aliphatic rings. The van der Waals surface area contributed by atoms with Crippen LogP contribution in [0, 0.1) is 0 Å². The van der Waals surface area contributed by atoms with Crippen molar-refractivity contribution in [1.29, 1.82) is 0 Å². The number of aromatic amines is 1. The summed E-state index contributed by atoms with van der Waals surface area (Å²) in [5, 5.41) is 28.3. The Bertz CT molecular complexity index is 605. The fourth-order valence-electron chi connectivity index (χ4n) is 1.76. The largest absolute Gasteiger partial charge is 0.394 e. The van der Waals surface area contributed by atoms with Gasteiger partial charge in [-0.1, -0.05) is 0 Å². The monoisotopic (exact) mass is 403 g/mol. The van der Waals surface area contributed by atoms with E-state index in [1.165, 1.54) is 0 Å². The maximum Gasteiger partial charge on any atom is 0.330 e. The van der Waals surface area contributed by atoms with Gasteiger partial charge in [0.15, 0.2) is 6.23 Å². The zero-order chi connectivity index (χ0) is 17.0. The van der Waals surface area contributed by atoms with Gasteiger partial charge >= 0.3 is 5.69 Å². The maximum atomic E-state index is 11.6. The molecule has 8 N–H and O–H groups in total. The van der Waals surface area contributed by atoms with E-state index in [1.54, 1.807) is 0 Å². The van der Waals surface area contributed by atoms with Crippen molar-refractivity contribution in [2.75, 3.05) is 6.61 Å². The van der Waals surface area contributed by atoms with Crippen LogP contribution in [0.2, 0.25) is 0 Å². The molecule has 4 atom stereocenters. The molecule has 1 saturated heterocycles. The quantitative estimate of drug-likeness (QED) is 0.253. The van der Waals surface area contributed by atoms with Gasteiger partial charge in [-0.25, -0.2) is 4.79 Å². The van der Waals surface area contributed by atoms with Crippen molar-refractivity contribution in [3.63, 3.8) is 0 Å². The van der Waals surface area contributed by atoms with Gasteiger partial charge < -0.3 is 29.8 Å². The number of nitrogens with zero attached hydrogens (tertiary/aromatic N) is 1. The maximum absolute atomic E-state index is 11.6. The van der Waals surface area contributed by atoms with Gasteiger partial charge in [-0.15, -0.1) is 0 Å². The third-order valence-corrected chi connectivity index (χ3v) is 3.28. The van der Waals surface area contributed by atoms with E-state index in [4.69, 9.17) is 19.6 Å². The van der Waals surface area contributed by atoms with E-state index in [2.05, 4.69) is 21.4 Å². The first-order valence-corrected chi connectivity index (χ1v) is 7.86. The standard InChI is InChI=1S/C9H11BrN2O6.H4NO2P/c10-3-1-12(9(17)11-7(3)16)8-6(15)5(14)4(2-13)18-8;1-4(2)3/h1,4-6,8,13-15H,2H2,(H,11,16,17);2-3H,1H2/t4-,5-,6-,8-;/m1./s1. The van der Waals surface area contributed by atoms with E-state index in [1.807, 2.05) is 4.98 Å². The van der Waals surface area contributed by atoms with Crippen LogP contribution in [0.4, 0.5) is 0 Å². The first-order valence-electron chi connectivity index (χ1n) is 5.75. The number of aliphatic hydroxyl groups is 3. The van der Waals surface area contributed by atoms with Crippen molar-refractivity contribution in [1.82, 2.24) is 9.55 Å². The average Bonchev–Trinajstić information content (AvgIpc) is 2.70. The number of H-pyrrole nitrogens is 1. The molecule has 0 aliphatic carbocycles. The Kier molecular flexibility index (Phi) is 7.25. The van der Waals surface area contributed by atoms with E-state index < -0.39 is 50.9 Å². The number of nitrogens with two attached hydrogens (primary N) is 1. The van der Waals surface area contributed by atoms with Crippen LogP contribution in [0.5, 0.6) is 0 Å². The van der Waals surface area contributed by atoms with Crippen molar-refractivity contribution in [3.05, 3.63) is 31.5 Å². The summed E-state index contributed by atoms with van der Waals surface area (Å²) >= 11 is 2.94. The summed E-state index contributed by atoms with van der Waals surface area (Å²) in [5.41, 5.74) is 2.90. The van der Waals surface area contributed by atoms with Crippen molar-refractivity contribution < 1.29 is 29.8 Å². The predicted octanol–water partition coefficient (Wildman–Crippen LogP) is -2.93. The minimum absolute atomic E-state index is 0.0832. The van der Waals surface area contributed by atoms with Crippen LogP contribution in [0.3, 0.4) is 0 Å². The van der Waals surface area contributed by atoms with Crippen LogP contribution >= 0.6 is 24.5 Å². The first kappa shape index (κ1) is 19.4. The highest BCUT2D eigenvalue weighted by molar-refractivity contribution is 9.10. The van der Waals surface area contributed by atoms with Gasteiger partial charge in [-0.05, 0) is 15.9 Å². The van der Waals surface area contributed by atoms with Crippen LogP contribution in [0.1, 0.15) is 6.23 Å². The van der Waals surface area contributed by atoms with Crippen molar-refractivity contribution in [2.45, 2.75) is 24.5 Å². The van der Waals surface area contributed by atoms with Crippen molar-refractivity contribution in [2.24, 2.45) is 5.50 Å². The molecule has 1 fully saturated rings. The number of ether oxygens (including phenoxy) is 1. The van der Waals surface area contributed by atoms with E-state index in [0.717, 1.165) is 10.8 Å². The average molecular weight is 404 g/mol. The number of nitrogens with one attached hydrogen (secondary N) is 1. The molecule has 0 saturated carbocycles. The summed E-state index contributed by atoms with van der Waals surface area (Å²) in [6.45, 7) is -0.492. The second-order valence-electron chi connectivity index (χ2n) is 4.19. The Morgan fingerprint density at radius 1 is 1.36 bits per heavy atom. The van der Waals surface area contributed by atoms with E-state index in [9.17, 15) is 19.8 Å².